The molecule has 20 heavy (non-hydrogen) atoms. The average Bonchev–Trinajstić information content (AvgIpc) is 2.44. The number of nitrogens with one attached hydrogen (secondary N) is 2. The molecular formula is C12H23N7O. The predicted molar refractivity (Wildman–Crippen MR) is 80.3 cm³/mol. The number of hydrogen-bond acceptors (Lipinski definition) is 7. The summed E-state index contributed by atoms with van der Waals surface area (Å²) in [4.78, 5) is 28.0. The molecule has 1 heterocycles. The lowest BCUT2D eigenvalue weighted by Gasteiger charge is -2.19. The van der Waals surface area contributed by atoms with Gasteiger partial charge in [-0.25, -0.2) is 0 Å². The zero-order valence-electron chi connectivity index (χ0n) is 12.8. The first kappa shape index (κ1) is 15.9. The Labute approximate surface area is 119 Å². The number of carbonyl (C=O) groups excluding carboxylic acids is 1. The fourth-order valence-electron chi connectivity index (χ4n) is 1.44. The van der Waals surface area contributed by atoms with E-state index in [0.29, 0.717) is 24.4 Å². The Kier molecular flexibility index (Phi) is 5.95. The molecule has 0 fully saturated rings. The largest absolute Gasteiger partial charge is 0.357 e. The lowest BCUT2D eigenvalue weighted by atomic mass is 10.4. The van der Waals surface area contributed by atoms with Gasteiger partial charge in [-0.3, -0.25) is 4.79 Å². The van der Waals surface area contributed by atoms with Gasteiger partial charge in [0.1, 0.15) is 0 Å². The number of carbonyl (C=O) groups is 1. The Hall–Kier alpha value is -2.12. The maximum absolute atomic E-state index is 11.7. The molecule has 0 saturated heterocycles. The fourth-order valence-corrected chi connectivity index (χ4v) is 1.44. The molecule has 0 radical (unpaired) electrons. The summed E-state index contributed by atoms with van der Waals surface area (Å²) in [6, 6.07) is 0. The molecule has 0 atom stereocenters. The molecule has 1 amide bonds. The highest BCUT2D eigenvalue weighted by Crippen LogP contribution is 2.13. The van der Waals surface area contributed by atoms with Crippen LogP contribution in [0.15, 0.2) is 0 Å². The van der Waals surface area contributed by atoms with E-state index in [1.165, 1.54) is 0 Å². The van der Waals surface area contributed by atoms with Crippen LogP contribution in [0.3, 0.4) is 0 Å². The summed E-state index contributed by atoms with van der Waals surface area (Å²) in [5, 5.41) is 5.71. The van der Waals surface area contributed by atoms with Crippen molar-refractivity contribution in [2.24, 2.45) is 0 Å². The van der Waals surface area contributed by atoms with Crippen LogP contribution >= 0.6 is 0 Å². The molecule has 0 unspecified atom stereocenters. The maximum Gasteiger partial charge on any atom is 0.239 e. The predicted octanol–water partition coefficient (Wildman–Crippen LogP) is -0.0583. The smallest absolute Gasteiger partial charge is 0.239 e. The number of aromatic nitrogens is 3. The number of nitrogens with zero attached hydrogens (tertiary/aromatic N) is 5. The average molecular weight is 281 g/mol. The molecule has 0 aliphatic carbocycles. The van der Waals surface area contributed by atoms with Gasteiger partial charge in [0.15, 0.2) is 0 Å². The molecule has 112 valence electrons. The highest BCUT2D eigenvalue weighted by Gasteiger charge is 2.13. The Morgan fingerprint density at radius 2 is 1.80 bits per heavy atom. The van der Waals surface area contributed by atoms with Crippen molar-refractivity contribution in [3.8, 4) is 0 Å². The van der Waals surface area contributed by atoms with Crippen molar-refractivity contribution in [2.45, 2.75) is 13.3 Å². The maximum atomic E-state index is 11.7. The van der Waals surface area contributed by atoms with Gasteiger partial charge in [-0.1, -0.05) is 6.92 Å². The lowest BCUT2D eigenvalue weighted by molar-refractivity contribution is -0.119. The van der Waals surface area contributed by atoms with Crippen LogP contribution in [0, 0.1) is 0 Å². The monoisotopic (exact) mass is 281 g/mol. The summed E-state index contributed by atoms with van der Waals surface area (Å²) in [7, 11) is 7.23. The van der Waals surface area contributed by atoms with Crippen LogP contribution in [-0.4, -0.2) is 62.1 Å². The van der Waals surface area contributed by atoms with Crippen LogP contribution in [0.5, 0.6) is 0 Å². The second-order valence-electron chi connectivity index (χ2n) is 4.61. The zero-order valence-corrected chi connectivity index (χ0v) is 12.8. The SMILES string of the molecule is CCCNC(=O)CN(C)c1nc(NC)nc(N(C)C)n1. The number of rotatable bonds is 7. The van der Waals surface area contributed by atoms with Gasteiger partial charge in [-0.2, -0.15) is 15.0 Å². The third-order valence-corrected chi connectivity index (χ3v) is 2.53. The molecule has 0 spiro atoms. The number of hydrogen-bond donors (Lipinski definition) is 2. The van der Waals surface area contributed by atoms with Crippen LogP contribution in [-0.2, 0) is 4.79 Å². The Morgan fingerprint density at radius 3 is 2.35 bits per heavy atom. The van der Waals surface area contributed by atoms with Gasteiger partial charge >= 0.3 is 0 Å². The summed E-state index contributed by atoms with van der Waals surface area (Å²) in [6.45, 7) is 2.90. The van der Waals surface area contributed by atoms with Crippen molar-refractivity contribution >= 4 is 23.8 Å². The van der Waals surface area contributed by atoms with Crippen molar-refractivity contribution in [1.82, 2.24) is 20.3 Å². The molecule has 0 aliphatic heterocycles. The van der Waals surface area contributed by atoms with Crippen molar-refractivity contribution in [3.05, 3.63) is 0 Å². The topological polar surface area (TPSA) is 86.3 Å². The molecule has 2 N–H and O–H groups in total. The van der Waals surface area contributed by atoms with Gasteiger partial charge in [0.2, 0.25) is 23.8 Å². The van der Waals surface area contributed by atoms with Crippen molar-refractivity contribution in [3.63, 3.8) is 0 Å². The second kappa shape index (κ2) is 7.46. The first-order chi connectivity index (χ1) is 9.47. The Morgan fingerprint density at radius 1 is 1.15 bits per heavy atom. The Bertz CT molecular complexity index is 449. The molecule has 1 aromatic heterocycles. The molecule has 8 nitrogen and oxygen atoms in total. The van der Waals surface area contributed by atoms with Crippen LogP contribution in [0.2, 0.25) is 0 Å². The van der Waals surface area contributed by atoms with E-state index in [0.717, 1.165) is 6.42 Å². The van der Waals surface area contributed by atoms with E-state index in [9.17, 15) is 4.79 Å². The lowest BCUT2D eigenvalue weighted by Crippen LogP contribution is -2.36. The van der Waals surface area contributed by atoms with E-state index in [-0.39, 0.29) is 12.5 Å². The van der Waals surface area contributed by atoms with Gasteiger partial charge in [-0.05, 0) is 6.42 Å². The molecule has 1 rings (SSSR count). The zero-order chi connectivity index (χ0) is 15.1. The van der Waals surface area contributed by atoms with E-state index in [1.54, 1.807) is 23.9 Å². The molecule has 0 bridgehead atoms. The van der Waals surface area contributed by atoms with E-state index in [1.807, 2.05) is 21.0 Å². The minimum atomic E-state index is -0.0489. The van der Waals surface area contributed by atoms with Crippen LogP contribution in [0.4, 0.5) is 17.8 Å². The van der Waals surface area contributed by atoms with Gasteiger partial charge in [0, 0.05) is 34.7 Å². The van der Waals surface area contributed by atoms with Gasteiger partial charge in [-0.15, -0.1) is 0 Å². The minimum absolute atomic E-state index is 0.0489. The number of likely N-dealkylation sites (N-methyl/N-ethyl adjacent to an activating group) is 1. The van der Waals surface area contributed by atoms with Crippen molar-refractivity contribution in [2.75, 3.05) is 56.4 Å². The minimum Gasteiger partial charge on any atom is -0.357 e. The summed E-state index contributed by atoms with van der Waals surface area (Å²) < 4.78 is 0. The standard InChI is InChI=1S/C12H23N7O/c1-6-7-14-9(20)8-19(5)12-16-10(13-2)15-11(17-12)18(3)4/h6-8H2,1-5H3,(H,14,20)(H,13,15,16,17). The first-order valence-electron chi connectivity index (χ1n) is 6.57. The second-order valence-corrected chi connectivity index (χ2v) is 4.61. The third-order valence-electron chi connectivity index (χ3n) is 2.53. The Balaban J connectivity index is 2.83. The summed E-state index contributed by atoms with van der Waals surface area (Å²) in [5.74, 6) is 1.42. The van der Waals surface area contributed by atoms with Crippen LogP contribution in [0.1, 0.15) is 13.3 Å². The highest BCUT2D eigenvalue weighted by molar-refractivity contribution is 5.80. The highest BCUT2D eigenvalue weighted by atomic mass is 16.2. The first-order valence-corrected chi connectivity index (χ1v) is 6.57. The molecule has 0 aromatic carbocycles. The number of amides is 1. The normalized spacial score (nSPS) is 10.1. The summed E-state index contributed by atoms with van der Waals surface area (Å²) >= 11 is 0. The molecule has 1 aromatic rings. The quantitative estimate of drug-likeness (QED) is 0.724. The van der Waals surface area contributed by atoms with E-state index >= 15 is 0 Å². The molecule has 8 heteroatoms. The van der Waals surface area contributed by atoms with Crippen molar-refractivity contribution in [1.29, 1.82) is 0 Å². The van der Waals surface area contributed by atoms with Crippen LogP contribution < -0.4 is 20.4 Å². The van der Waals surface area contributed by atoms with E-state index < -0.39 is 0 Å². The van der Waals surface area contributed by atoms with Gasteiger partial charge in [0.05, 0.1) is 6.54 Å². The van der Waals surface area contributed by atoms with E-state index in [2.05, 4.69) is 25.6 Å². The van der Waals surface area contributed by atoms with Gasteiger partial charge < -0.3 is 20.4 Å². The summed E-state index contributed by atoms with van der Waals surface area (Å²) in [5.41, 5.74) is 0. The molecule has 0 saturated carbocycles. The van der Waals surface area contributed by atoms with Crippen molar-refractivity contribution < 1.29 is 4.79 Å². The molecule has 0 aliphatic rings. The fraction of sp³-hybridized carbons (Fsp3) is 0.667. The van der Waals surface area contributed by atoms with Gasteiger partial charge in [0.25, 0.3) is 0 Å². The summed E-state index contributed by atoms with van der Waals surface area (Å²) in [6.07, 6.45) is 0.913. The van der Waals surface area contributed by atoms with Crippen LogP contribution in [0.25, 0.3) is 0 Å². The van der Waals surface area contributed by atoms with E-state index in [4.69, 9.17) is 0 Å². The molecular weight excluding hydrogens is 258 g/mol. The third kappa shape index (κ3) is 4.52. The number of anilines is 3.